The highest BCUT2D eigenvalue weighted by Gasteiger charge is 2.32. The summed E-state index contributed by atoms with van der Waals surface area (Å²) in [6, 6.07) is -3.11. The molecular formula is C51H86N8O12. The first-order chi connectivity index (χ1) is 32.6. The minimum atomic E-state index is -1.21. The van der Waals surface area contributed by atoms with Gasteiger partial charge in [0.05, 0.1) is 13.1 Å². The van der Waals surface area contributed by atoms with Crippen molar-refractivity contribution in [3.63, 3.8) is 0 Å². The maximum absolute atomic E-state index is 13.3. The summed E-state index contributed by atoms with van der Waals surface area (Å²) in [5.41, 5.74) is -3.72. The highest BCUT2D eigenvalue weighted by Crippen LogP contribution is 2.18. The van der Waals surface area contributed by atoms with Crippen molar-refractivity contribution in [2.75, 3.05) is 13.1 Å². The van der Waals surface area contributed by atoms with Gasteiger partial charge in [0.1, 0.15) is 64.8 Å². The topological polar surface area (TPSA) is 241 Å². The molecule has 2 heterocycles. The molecule has 0 aliphatic rings. The molecule has 0 spiro atoms. The average molecular weight is 1000 g/mol. The molecule has 0 aromatic carbocycles. The maximum atomic E-state index is 13.3. The summed E-state index contributed by atoms with van der Waals surface area (Å²) in [6.45, 7) is 29.8. The zero-order valence-corrected chi connectivity index (χ0v) is 45.6. The first kappa shape index (κ1) is 61.6. The van der Waals surface area contributed by atoms with E-state index in [4.69, 9.17) is 23.7 Å². The van der Waals surface area contributed by atoms with E-state index in [-0.39, 0.29) is 56.1 Å². The summed E-state index contributed by atoms with van der Waals surface area (Å²) in [5, 5.41) is 8.20. The SMILES string of the molecule is CC(CCCCN(Cc1nccn1CC(=O)OC(C)(C)C)Cc1nccn1CC(=O)OC(C)(C)C)C(=O)NCCCCC(NC(=O)NC(CCC(=O)OC(C)(C)C)C(=O)OC(C)(C)C)C(=O)OC(C)(C)C. The highest BCUT2D eigenvalue weighted by atomic mass is 16.6. The van der Waals surface area contributed by atoms with Crippen LogP contribution >= 0.6 is 0 Å². The predicted octanol–water partition coefficient (Wildman–Crippen LogP) is 6.70. The third-order valence-corrected chi connectivity index (χ3v) is 9.85. The van der Waals surface area contributed by atoms with Gasteiger partial charge in [-0.1, -0.05) is 13.3 Å². The number of amides is 3. The van der Waals surface area contributed by atoms with Crippen molar-refractivity contribution in [2.45, 2.75) is 228 Å². The number of imidazole rings is 2. The number of urea groups is 1. The zero-order valence-electron chi connectivity index (χ0n) is 45.6. The summed E-state index contributed by atoms with van der Waals surface area (Å²) >= 11 is 0. The van der Waals surface area contributed by atoms with Crippen LogP contribution in [0.15, 0.2) is 24.8 Å². The summed E-state index contributed by atoms with van der Waals surface area (Å²) < 4.78 is 31.1. The standard InChI is InChI=1S/C51H86N8O12/c1-35(21-18-20-28-57(31-38-52-26-29-58(38)33-41(61)68-48(5,6)7)32-39-53-27-30-59(39)34-42(62)69-49(8,9)10)43(63)54-25-19-17-22-36(44(64)70-50(11,12)13)55-46(66)56-37(45(65)71-51(14,15)16)23-24-40(60)67-47(2,3)4/h26-27,29-30,35-37H,17-25,28,31-34H2,1-16H3,(H,54,63)(H2,55,56,66). The Morgan fingerprint density at radius 1 is 0.549 bits per heavy atom. The second kappa shape index (κ2) is 27.3. The molecule has 20 nitrogen and oxygen atoms in total. The fourth-order valence-electron chi connectivity index (χ4n) is 6.94. The van der Waals surface area contributed by atoms with Crippen LogP contribution in [0.3, 0.4) is 0 Å². The summed E-state index contributed by atoms with van der Waals surface area (Å²) in [7, 11) is 0. The Labute approximate surface area is 421 Å². The fraction of sp³-hybridized carbons (Fsp3) is 0.745. The van der Waals surface area contributed by atoms with E-state index in [9.17, 15) is 33.6 Å². The van der Waals surface area contributed by atoms with Crippen molar-refractivity contribution in [1.82, 2.24) is 40.0 Å². The van der Waals surface area contributed by atoms with E-state index < -0.39 is 64.0 Å². The molecule has 2 aromatic heterocycles. The number of carbonyl (C=O) groups is 7. The molecule has 2 aromatic rings. The number of ether oxygens (including phenoxy) is 5. The molecule has 2 rings (SSSR count). The van der Waals surface area contributed by atoms with E-state index in [2.05, 4.69) is 30.8 Å². The van der Waals surface area contributed by atoms with Crippen LogP contribution in [-0.4, -0.2) is 119 Å². The first-order valence-corrected chi connectivity index (χ1v) is 24.8. The molecule has 71 heavy (non-hydrogen) atoms. The number of nitrogens with zero attached hydrogens (tertiary/aromatic N) is 5. The number of hydrogen-bond acceptors (Lipinski definition) is 15. The van der Waals surface area contributed by atoms with Crippen LogP contribution < -0.4 is 16.0 Å². The number of unbranched alkanes of at least 4 members (excludes halogenated alkanes) is 2. The summed E-state index contributed by atoms with van der Waals surface area (Å²) in [4.78, 5) is 102. The Bertz CT molecular complexity index is 1980. The molecule has 0 aliphatic heterocycles. The number of aromatic nitrogens is 4. The van der Waals surface area contributed by atoms with Crippen LogP contribution in [-0.2, 0) is 78.6 Å². The molecule has 0 saturated heterocycles. The quantitative estimate of drug-likeness (QED) is 0.0505. The minimum Gasteiger partial charge on any atom is -0.460 e. The molecule has 3 amide bonds. The van der Waals surface area contributed by atoms with Gasteiger partial charge in [0.25, 0.3) is 0 Å². The van der Waals surface area contributed by atoms with E-state index in [1.54, 1.807) is 96.2 Å². The lowest BCUT2D eigenvalue weighted by Crippen LogP contribution is -2.53. The van der Waals surface area contributed by atoms with Gasteiger partial charge >= 0.3 is 35.9 Å². The fourth-order valence-corrected chi connectivity index (χ4v) is 6.94. The molecule has 3 atom stereocenters. The van der Waals surface area contributed by atoms with Gasteiger partial charge in [-0.3, -0.25) is 24.1 Å². The number of nitrogens with one attached hydrogen (secondary N) is 3. The Morgan fingerprint density at radius 3 is 1.39 bits per heavy atom. The Balaban J connectivity index is 2.03. The number of carbonyl (C=O) groups excluding carboxylic acids is 7. The zero-order chi connectivity index (χ0) is 54.0. The second-order valence-corrected chi connectivity index (χ2v) is 22.9. The molecule has 402 valence electrons. The van der Waals surface area contributed by atoms with Crippen molar-refractivity contribution in [3.05, 3.63) is 36.4 Å². The van der Waals surface area contributed by atoms with E-state index in [0.29, 0.717) is 57.1 Å². The van der Waals surface area contributed by atoms with Gasteiger partial charge in [0, 0.05) is 43.7 Å². The highest BCUT2D eigenvalue weighted by molar-refractivity contribution is 5.87. The van der Waals surface area contributed by atoms with Crippen LogP contribution in [0.2, 0.25) is 0 Å². The molecular weight excluding hydrogens is 917 g/mol. The number of hydrogen-bond donors (Lipinski definition) is 3. The van der Waals surface area contributed by atoms with Gasteiger partial charge in [0.2, 0.25) is 5.91 Å². The van der Waals surface area contributed by atoms with Crippen LogP contribution in [0, 0.1) is 5.92 Å². The van der Waals surface area contributed by atoms with E-state index in [0.717, 1.165) is 12.8 Å². The molecule has 0 aliphatic carbocycles. The van der Waals surface area contributed by atoms with Crippen LogP contribution in [0.4, 0.5) is 4.79 Å². The van der Waals surface area contributed by atoms with Gasteiger partial charge in [0.15, 0.2) is 0 Å². The summed E-state index contributed by atoms with van der Waals surface area (Å²) in [6.07, 6.45) is 9.68. The van der Waals surface area contributed by atoms with E-state index in [1.165, 1.54) is 0 Å². The first-order valence-electron chi connectivity index (χ1n) is 24.8. The number of esters is 5. The third-order valence-electron chi connectivity index (χ3n) is 9.85. The predicted molar refractivity (Wildman–Crippen MR) is 266 cm³/mol. The van der Waals surface area contributed by atoms with Gasteiger partial charge < -0.3 is 48.8 Å². The van der Waals surface area contributed by atoms with Gasteiger partial charge in [-0.05, 0) is 149 Å². The lowest BCUT2D eigenvalue weighted by Gasteiger charge is -2.27. The normalized spacial score (nSPS) is 13.6. The Hall–Kier alpha value is -5.53. The molecule has 0 radical (unpaired) electrons. The largest absolute Gasteiger partial charge is 0.460 e. The molecule has 3 unspecified atom stereocenters. The van der Waals surface area contributed by atoms with E-state index >= 15 is 0 Å². The van der Waals surface area contributed by atoms with Crippen molar-refractivity contribution < 1.29 is 57.2 Å². The lowest BCUT2D eigenvalue weighted by atomic mass is 10.0. The Morgan fingerprint density at radius 2 is 0.958 bits per heavy atom. The van der Waals surface area contributed by atoms with Gasteiger partial charge in [-0.2, -0.15) is 0 Å². The van der Waals surface area contributed by atoms with E-state index in [1.807, 2.05) is 48.5 Å². The Kier molecular flexibility index (Phi) is 23.7. The van der Waals surface area contributed by atoms with Crippen LogP contribution in [0.1, 0.15) is 174 Å². The number of rotatable bonds is 26. The lowest BCUT2D eigenvalue weighted by molar-refractivity contribution is -0.159. The minimum absolute atomic E-state index is 0.00359. The molecule has 20 heteroatoms. The molecule has 0 saturated carbocycles. The smallest absolute Gasteiger partial charge is 0.329 e. The molecule has 0 fully saturated rings. The monoisotopic (exact) mass is 1000 g/mol. The van der Waals surface area contributed by atoms with Crippen molar-refractivity contribution in [2.24, 2.45) is 5.92 Å². The maximum Gasteiger partial charge on any atom is 0.329 e. The average Bonchev–Trinajstić information content (AvgIpc) is 3.81. The second-order valence-electron chi connectivity index (χ2n) is 22.9. The molecule has 3 N–H and O–H groups in total. The van der Waals surface area contributed by atoms with Crippen molar-refractivity contribution in [3.8, 4) is 0 Å². The van der Waals surface area contributed by atoms with Gasteiger partial charge in [-0.25, -0.2) is 24.4 Å². The van der Waals surface area contributed by atoms with Crippen molar-refractivity contribution >= 4 is 41.8 Å². The third kappa shape index (κ3) is 27.6. The van der Waals surface area contributed by atoms with Crippen molar-refractivity contribution in [1.29, 1.82) is 0 Å². The van der Waals surface area contributed by atoms with Gasteiger partial charge in [-0.15, -0.1) is 0 Å². The van der Waals surface area contributed by atoms with Crippen LogP contribution in [0.5, 0.6) is 0 Å². The molecule has 0 bridgehead atoms. The van der Waals surface area contributed by atoms with Crippen LogP contribution in [0.25, 0.3) is 0 Å². The summed E-state index contributed by atoms with van der Waals surface area (Å²) in [5.74, 6) is -1.81.